The van der Waals surface area contributed by atoms with Gasteiger partial charge in [0.1, 0.15) is 23.2 Å². The average Bonchev–Trinajstić information content (AvgIpc) is 2.72. The van der Waals surface area contributed by atoms with Crippen LogP contribution in [-0.4, -0.2) is 37.9 Å². The summed E-state index contributed by atoms with van der Waals surface area (Å²) >= 11 is 0. The number of carbonyl (C=O) groups excluding carboxylic acids is 2. The fourth-order valence-corrected chi connectivity index (χ4v) is 3.49. The Morgan fingerprint density at radius 1 is 0.875 bits per heavy atom. The van der Waals surface area contributed by atoms with Gasteiger partial charge in [-0.05, 0) is 63.1 Å². The quantitative estimate of drug-likeness (QED) is 0.501. The molecule has 32 heavy (non-hydrogen) atoms. The normalized spacial score (nSPS) is 13.2. The van der Waals surface area contributed by atoms with Crippen molar-refractivity contribution in [3.8, 4) is 11.5 Å². The first-order valence-corrected chi connectivity index (χ1v) is 10.7. The van der Waals surface area contributed by atoms with Crippen molar-refractivity contribution in [2.75, 3.05) is 14.2 Å². The van der Waals surface area contributed by atoms with Crippen molar-refractivity contribution in [2.24, 2.45) is 5.92 Å². The Kier molecular flexibility index (Phi) is 8.70. The molecule has 0 aliphatic carbocycles. The summed E-state index contributed by atoms with van der Waals surface area (Å²) in [4.78, 5) is 24.9. The molecule has 6 heteroatoms. The molecule has 0 aliphatic heterocycles. The zero-order valence-corrected chi connectivity index (χ0v) is 20.0. The highest BCUT2D eigenvalue weighted by atomic mass is 16.6. The maximum absolute atomic E-state index is 12.8. The molecule has 0 amide bonds. The topological polar surface area (TPSA) is 71.1 Å². The molecule has 0 N–H and O–H groups in total. The first-order valence-electron chi connectivity index (χ1n) is 10.7. The molecule has 0 saturated heterocycles. The molecule has 6 nitrogen and oxygen atoms in total. The van der Waals surface area contributed by atoms with E-state index >= 15 is 0 Å². The second-order valence-electron chi connectivity index (χ2n) is 8.86. The Bertz CT molecular complexity index is 867. The number of methoxy groups -OCH3 is 2. The second kappa shape index (κ2) is 11.0. The predicted octanol–water partition coefficient (Wildman–Crippen LogP) is 5.14. The van der Waals surface area contributed by atoms with E-state index in [1.54, 1.807) is 41.9 Å². The standard InChI is InChI=1S/C26H34O6/c1-17(14-23(27)32-26(3,4)5)25(28)31-18(2)24(19-10-8-12-21(15-19)29-6)20-11-9-13-22(16-20)30-7/h8-13,15-18,24H,14H2,1-7H3/t17-,18+/m1/s1. The van der Waals surface area contributed by atoms with E-state index in [4.69, 9.17) is 18.9 Å². The van der Waals surface area contributed by atoms with Crippen LogP contribution in [0.3, 0.4) is 0 Å². The molecule has 174 valence electrons. The third kappa shape index (κ3) is 7.29. The SMILES string of the molecule is COc1cccc(C(c2cccc(OC)c2)[C@H](C)OC(=O)[C@H](C)CC(=O)OC(C)(C)C)c1. The first kappa shape index (κ1) is 25.2. The van der Waals surface area contributed by atoms with Crippen LogP contribution in [0.5, 0.6) is 11.5 Å². The van der Waals surface area contributed by atoms with E-state index in [0.717, 1.165) is 11.1 Å². The lowest BCUT2D eigenvalue weighted by atomic mass is 9.87. The van der Waals surface area contributed by atoms with Gasteiger partial charge in [0.2, 0.25) is 0 Å². The minimum atomic E-state index is -0.622. The predicted molar refractivity (Wildman–Crippen MR) is 123 cm³/mol. The molecule has 0 saturated carbocycles. The Hall–Kier alpha value is -3.02. The Morgan fingerprint density at radius 3 is 1.81 bits per heavy atom. The lowest BCUT2D eigenvalue weighted by Gasteiger charge is -2.27. The van der Waals surface area contributed by atoms with Gasteiger partial charge >= 0.3 is 11.9 Å². The molecule has 0 fully saturated rings. The van der Waals surface area contributed by atoms with Crippen LogP contribution < -0.4 is 9.47 Å². The van der Waals surface area contributed by atoms with E-state index in [1.807, 2.05) is 55.5 Å². The van der Waals surface area contributed by atoms with Crippen molar-refractivity contribution < 1.29 is 28.5 Å². The highest BCUT2D eigenvalue weighted by Crippen LogP contribution is 2.34. The van der Waals surface area contributed by atoms with Gasteiger partial charge < -0.3 is 18.9 Å². The monoisotopic (exact) mass is 442 g/mol. The highest BCUT2D eigenvalue weighted by molar-refractivity contribution is 5.80. The molecular formula is C26H34O6. The van der Waals surface area contributed by atoms with E-state index in [1.165, 1.54) is 0 Å². The summed E-state index contributed by atoms with van der Waals surface area (Å²) in [6.45, 7) is 8.90. The lowest BCUT2D eigenvalue weighted by molar-refractivity contribution is -0.163. The van der Waals surface area contributed by atoms with Crippen LogP contribution in [0.2, 0.25) is 0 Å². The van der Waals surface area contributed by atoms with Crippen LogP contribution in [0.4, 0.5) is 0 Å². The molecule has 0 heterocycles. The fraction of sp³-hybridized carbons (Fsp3) is 0.462. The molecule has 2 aromatic rings. The summed E-state index contributed by atoms with van der Waals surface area (Å²) < 4.78 is 21.9. The molecule has 0 bridgehead atoms. The molecule has 0 radical (unpaired) electrons. The van der Waals surface area contributed by atoms with Gasteiger partial charge in [-0.3, -0.25) is 9.59 Å². The van der Waals surface area contributed by atoms with Crippen molar-refractivity contribution >= 4 is 11.9 Å². The number of hydrogen-bond donors (Lipinski definition) is 0. The number of hydrogen-bond acceptors (Lipinski definition) is 6. The molecule has 0 aliphatic rings. The van der Waals surface area contributed by atoms with Crippen LogP contribution in [0, 0.1) is 5.92 Å². The summed E-state index contributed by atoms with van der Waals surface area (Å²) in [7, 11) is 3.23. The summed E-state index contributed by atoms with van der Waals surface area (Å²) in [5.74, 6) is -0.313. The molecule has 0 spiro atoms. The number of benzene rings is 2. The lowest BCUT2D eigenvalue weighted by Crippen LogP contribution is -2.30. The largest absolute Gasteiger partial charge is 0.497 e. The summed E-state index contributed by atoms with van der Waals surface area (Å²) in [6.07, 6.45) is -0.533. The van der Waals surface area contributed by atoms with Gasteiger partial charge in [0.25, 0.3) is 0 Å². The van der Waals surface area contributed by atoms with Crippen molar-refractivity contribution in [3.63, 3.8) is 0 Å². The molecule has 2 aromatic carbocycles. The van der Waals surface area contributed by atoms with E-state index in [0.29, 0.717) is 11.5 Å². The third-order valence-corrected chi connectivity index (χ3v) is 4.97. The smallest absolute Gasteiger partial charge is 0.309 e. The minimum Gasteiger partial charge on any atom is -0.497 e. The number of carbonyl (C=O) groups is 2. The van der Waals surface area contributed by atoms with E-state index in [-0.39, 0.29) is 12.3 Å². The molecule has 0 aromatic heterocycles. The highest BCUT2D eigenvalue weighted by Gasteiger charge is 2.29. The summed E-state index contributed by atoms with van der Waals surface area (Å²) in [6, 6.07) is 15.3. The number of esters is 2. The van der Waals surface area contributed by atoms with Crippen molar-refractivity contribution in [1.29, 1.82) is 0 Å². The van der Waals surface area contributed by atoms with Gasteiger partial charge in [0, 0.05) is 5.92 Å². The van der Waals surface area contributed by atoms with Crippen LogP contribution >= 0.6 is 0 Å². The average molecular weight is 443 g/mol. The first-order chi connectivity index (χ1) is 15.0. The van der Waals surface area contributed by atoms with E-state index < -0.39 is 29.6 Å². The molecule has 2 atom stereocenters. The Labute approximate surface area is 190 Å². The van der Waals surface area contributed by atoms with Crippen LogP contribution in [0.1, 0.15) is 58.1 Å². The Balaban J connectivity index is 2.25. The van der Waals surface area contributed by atoms with Crippen molar-refractivity contribution in [2.45, 2.75) is 58.7 Å². The van der Waals surface area contributed by atoms with Crippen molar-refractivity contribution in [1.82, 2.24) is 0 Å². The zero-order valence-electron chi connectivity index (χ0n) is 20.0. The second-order valence-corrected chi connectivity index (χ2v) is 8.86. The zero-order chi connectivity index (χ0) is 23.9. The maximum Gasteiger partial charge on any atom is 0.309 e. The van der Waals surface area contributed by atoms with Crippen LogP contribution in [-0.2, 0) is 19.1 Å². The van der Waals surface area contributed by atoms with E-state index in [2.05, 4.69) is 0 Å². The number of ether oxygens (including phenoxy) is 4. The van der Waals surface area contributed by atoms with Gasteiger partial charge in [0.15, 0.2) is 0 Å². The van der Waals surface area contributed by atoms with Crippen LogP contribution in [0.25, 0.3) is 0 Å². The van der Waals surface area contributed by atoms with Crippen molar-refractivity contribution in [3.05, 3.63) is 59.7 Å². The molecule has 2 rings (SSSR count). The Morgan fingerprint density at radius 2 is 1.38 bits per heavy atom. The summed E-state index contributed by atoms with van der Waals surface area (Å²) in [5, 5.41) is 0. The van der Waals surface area contributed by atoms with Gasteiger partial charge in [-0.1, -0.05) is 31.2 Å². The minimum absolute atomic E-state index is 0.0359. The van der Waals surface area contributed by atoms with Gasteiger partial charge in [-0.15, -0.1) is 0 Å². The van der Waals surface area contributed by atoms with Crippen LogP contribution in [0.15, 0.2) is 48.5 Å². The van der Waals surface area contributed by atoms with Gasteiger partial charge in [0.05, 0.1) is 26.6 Å². The summed E-state index contributed by atoms with van der Waals surface area (Å²) in [5.41, 5.74) is 1.29. The maximum atomic E-state index is 12.8. The van der Waals surface area contributed by atoms with E-state index in [9.17, 15) is 9.59 Å². The molecular weight excluding hydrogens is 408 g/mol. The fourth-order valence-electron chi connectivity index (χ4n) is 3.49. The van der Waals surface area contributed by atoms with Gasteiger partial charge in [-0.25, -0.2) is 0 Å². The van der Waals surface area contributed by atoms with Gasteiger partial charge in [-0.2, -0.15) is 0 Å². The third-order valence-electron chi connectivity index (χ3n) is 4.97. The number of rotatable bonds is 9. The molecule has 0 unspecified atom stereocenters.